The summed E-state index contributed by atoms with van der Waals surface area (Å²) >= 11 is 1.42. The van der Waals surface area contributed by atoms with Crippen molar-refractivity contribution in [2.45, 2.75) is 44.7 Å². The smallest absolute Gasteiger partial charge is 0.251 e. The number of nitrogens with two attached hydrogens (primary N) is 1. The van der Waals surface area contributed by atoms with Crippen LogP contribution in [0.1, 0.15) is 58.6 Å². The Hall–Kier alpha value is -3.98. The number of carbonyl (C=O) groups excluding carboxylic acids is 3. The fourth-order valence-electron chi connectivity index (χ4n) is 4.66. The van der Waals surface area contributed by atoms with Crippen LogP contribution in [0.5, 0.6) is 0 Å². The Morgan fingerprint density at radius 2 is 1.71 bits per heavy atom. The Morgan fingerprint density at radius 3 is 2.37 bits per heavy atom. The monoisotopic (exact) mass is 531 g/mol. The van der Waals surface area contributed by atoms with E-state index in [1.165, 1.54) is 21.8 Å². The summed E-state index contributed by atoms with van der Waals surface area (Å²) < 4.78 is 0. The highest BCUT2D eigenvalue weighted by Gasteiger charge is 2.34. The van der Waals surface area contributed by atoms with Crippen LogP contribution in [-0.2, 0) is 21.5 Å². The fourth-order valence-corrected chi connectivity index (χ4v) is 5.49. The lowest BCUT2D eigenvalue weighted by Crippen LogP contribution is -2.48. The largest absolute Gasteiger partial charge is 0.384 e. The number of amidine groups is 1. The first-order valence-corrected chi connectivity index (χ1v) is 13.5. The summed E-state index contributed by atoms with van der Waals surface area (Å²) in [6.45, 7) is 4.89. The third-order valence-electron chi connectivity index (χ3n) is 7.04. The SMILES string of the molecule is CC(C)(c1ccccc1)c1ccc(C(=O)NCC(=O)N2CCC[C@H]2C(=O)NCc2cc(C(=N)N)cs2)cc1. The zero-order valence-electron chi connectivity index (χ0n) is 21.6. The molecule has 0 bridgehead atoms. The Balaban J connectivity index is 1.30. The number of nitrogens with one attached hydrogen (secondary N) is 3. The van der Waals surface area contributed by atoms with Gasteiger partial charge in [-0.15, -0.1) is 11.3 Å². The Kier molecular flexibility index (Phi) is 8.26. The van der Waals surface area contributed by atoms with Crippen molar-refractivity contribution in [3.63, 3.8) is 0 Å². The lowest BCUT2D eigenvalue weighted by atomic mass is 9.78. The number of nitrogen functional groups attached to an aromatic ring is 1. The van der Waals surface area contributed by atoms with Crippen LogP contribution in [0.2, 0.25) is 0 Å². The lowest BCUT2D eigenvalue weighted by Gasteiger charge is -2.26. The number of rotatable bonds is 9. The lowest BCUT2D eigenvalue weighted by molar-refractivity contribution is -0.137. The van der Waals surface area contributed by atoms with Gasteiger partial charge in [-0.3, -0.25) is 19.8 Å². The van der Waals surface area contributed by atoms with E-state index in [4.69, 9.17) is 11.1 Å². The van der Waals surface area contributed by atoms with E-state index in [0.717, 1.165) is 16.9 Å². The van der Waals surface area contributed by atoms with Crippen LogP contribution in [0.15, 0.2) is 66.0 Å². The normalized spacial score (nSPS) is 15.2. The average molecular weight is 532 g/mol. The van der Waals surface area contributed by atoms with Crippen LogP contribution >= 0.6 is 11.3 Å². The number of amides is 3. The minimum absolute atomic E-state index is 0.0135. The molecule has 0 radical (unpaired) electrons. The summed E-state index contributed by atoms with van der Waals surface area (Å²) in [6, 6.07) is 18.8. The van der Waals surface area contributed by atoms with E-state index in [1.54, 1.807) is 23.6 Å². The van der Waals surface area contributed by atoms with Crippen molar-refractivity contribution in [2.75, 3.05) is 13.1 Å². The van der Waals surface area contributed by atoms with Gasteiger partial charge in [-0.25, -0.2) is 0 Å². The molecule has 1 aliphatic rings. The van der Waals surface area contributed by atoms with Gasteiger partial charge in [0.25, 0.3) is 5.91 Å². The molecule has 0 aliphatic carbocycles. The molecule has 5 N–H and O–H groups in total. The summed E-state index contributed by atoms with van der Waals surface area (Å²) in [6.07, 6.45) is 1.30. The number of carbonyl (C=O) groups is 3. The minimum atomic E-state index is -0.564. The quantitative estimate of drug-likeness (QED) is 0.249. The maximum Gasteiger partial charge on any atom is 0.251 e. The minimum Gasteiger partial charge on any atom is -0.384 e. The highest BCUT2D eigenvalue weighted by Crippen LogP contribution is 2.31. The van der Waals surface area contributed by atoms with E-state index in [0.29, 0.717) is 30.6 Å². The number of hydrogen-bond donors (Lipinski definition) is 4. The van der Waals surface area contributed by atoms with Gasteiger partial charge < -0.3 is 21.3 Å². The predicted molar refractivity (Wildman–Crippen MR) is 149 cm³/mol. The number of nitrogens with zero attached hydrogens (tertiary/aromatic N) is 1. The highest BCUT2D eigenvalue weighted by molar-refractivity contribution is 7.10. The first kappa shape index (κ1) is 27.1. The van der Waals surface area contributed by atoms with Crippen LogP contribution < -0.4 is 16.4 Å². The number of benzene rings is 2. The second kappa shape index (κ2) is 11.6. The Labute approximate surface area is 226 Å². The molecule has 0 spiro atoms. The van der Waals surface area contributed by atoms with Gasteiger partial charge in [0.1, 0.15) is 11.9 Å². The molecule has 1 atom stereocenters. The second-order valence-corrected chi connectivity index (χ2v) is 10.9. The van der Waals surface area contributed by atoms with Gasteiger partial charge in [0, 0.05) is 33.3 Å². The van der Waals surface area contributed by atoms with Gasteiger partial charge in [-0.05, 0) is 42.2 Å². The molecule has 8 nitrogen and oxygen atoms in total. The molecule has 4 rings (SSSR count). The number of hydrogen-bond acceptors (Lipinski definition) is 5. The topological polar surface area (TPSA) is 128 Å². The molecule has 2 aromatic carbocycles. The maximum absolute atomic E-state index is 12.9. The fraction of sp³-hybridized carbons (Fsp3) is 0.310. The van der Waals surface area contributed by atoms with E-state index in [-0.39, 0.29) is 35.5 Å². The van der Waals surface area contributed by atoms with Crippen molar-refractivity contribution in [3.8, 4) is 0 Å². The number of thiophene rings is 1. The zero-order chi connectivity index (χ0) is 27.3. The highest BCUT2D eigenvalue weighted by atomic mass is 32.1. The van der Waals surface area contributed by atoms with Gasteiger partial charge in [-0.1, -0.05) is 56.3 Å². The zero-order valence-corrected chi connectivity index (χ0v) is 22.4. The molecule has 38 heavy (non-hydrogen) atoms. The van der Waals surface area contributed by atoms with E-state index in [9.17, 15) is 14.4 Å². The van der Waals surface area contributed by atoms with Crippen molar-refractivity contribution in [3.05, 3.63) is 93.2 Å². The van der Waals surface area contributed by atoms with Crippen molar-refractivity contribution in [2.24, 2.45) is 5.73 Å². The van der Waals surface area contributed by atoms with E-state index >= 15 is 0 Å². The molecule has 1 saturated heterocycles. The van der Waals surface area contributed by atoms with E-state index in [1.807, 2.05) is 30.3 Å². The molecule has 2 heterocycles. The van der Waals surface area contributed by atoms with Gasteiger partial charge in [0.05, 0.1) is 13.1 Å². The van der Waals surface area contributed by atoms with Crippen LogP contribution in [0, 0.1) is 5.41 Å². The molecular weight excluding hydrogens is 498 g/mol. The van der Waals surface area contributed by atoms with Gasteiger partial charge >= 0.3 is 0 Å². The van der Waals surface area contributed by atoms with Gasteiger partial charge in [-0.2, -0.15) is 0 Å². The molecule has 1 fully saturated rings. The standard InChI is InChI=1S/C29H33N5O3S/c1-29(2,21-7-4-3-5-8-21)22-12-10-19(11-13-22)27(36)33-17-25(35)34-14-6-9-24(34)28(37)32-16-23-15-20(18-38-23)26(30)31/h3-5,7-8,10-13,15,18,24H,6,9,14,16-17H2,1-2H3,(H3,30,31)(H,32,37)(H,33,36)/t24-/m0/s1. The first-order chi connectivity index (χ1) is 18.2. The van der Waals surface area contributed by atoms with Crippen LogP contribution in [0.25, 0.3) is 0 Å². The second-order valence-electron chi connectivity index (χ2n) is 9.93. The van der Waals surface area contributed by atoms with E-state index < -0.39 is 6.04 Å². The average Bonchev–Trinajstić information content (AvgIpc) is 3.61. The summed E-state index contributed by atoms with van der Waals surface area (Å²) in [5, 5.41) is 14.8. The van der Waals surface area contributed by atoms with Gasteiger partial charge in [0.2, 0.25) is 11.8 Å². The molecule has 1 aromatic heterocycles. The molecule has 0 unspecified atom stereocenters. The molecule has 3 aromatic rings. The summed E-state index contributed by atoms with van der Waals surface area (Å²) in [5.41, 5.74) is 8.65. The maximum atomic E-state index is 12.9. The predicted octanol–water partition coefficient (Wildman–Crippen LogP) is 3.40. The summed E-state index contributed by atoms with van der Waals surface area (Å²) in [7, 11) is 0. The summed E-state index contributed by atoms with van der Waals surface area (Å²) in [4.78, 5) is 40.8. The van der Waals surface area contributed by atoms with E-state index in [2.05, 4.69) is 36.6 Å². The molecule has 3 amide bonds. The van der Waals surface area contributed by atoms with Crippen LogP contribution in [0.4, 0.5) is 0 Å². The van der Waals surface area contributed by atoms with Crippen molar-refractivity contribution >= 4 is 34.9 Å². The van der Waals surface area contributed by atoms with Crippen molar-refractivity contribution in [1.82, 2.24) is 15.5 Å². The Morgan fingerprint density at radius 1 is 1.03 bits per heavy atom. The first-order valence-electron chi connectivity index (χ1n) is 12.6. The molecule has 198 valence electrons. The molecule has 1 aliphatic heterocycles. The van der Waals surface area contributed by atoms with Crippen molar-refractivity contribution < 1.29 is 14.4 Å². The van der Waals surface area contributed by atoms with Crippen LogP contribution in [-0.4, -0.2) is 47.6 Å². The number of likely N-dealkylation sites (tertiary alicyclic amines) is 1. The van der Waals surface area contributed by atoms with Crippen LogP contribution in [0.3, 0.4) is 0 Å². The third-order valence-corrected chi connectivity index (χ3v) is 7.98. The molecule has 0 saturated carbocycles. The Bertz CT molecular complexity index is 1320. The third kappa shape index (κ3) is 6.11. The molecular formula is C29H33N5O3S. The van der Waals surface area contributed by atoms with Gasteiger partial charge in [0.15, 0.2) is 0 Å². The molecule has 9 heteroatoms. The van der Waals surface area contributed by atoms with Crippen molar-refractivity contribution in [1.29, 1.82) is 5.41 Å². The summed E-state index contributed by atoms with van der Waals surface area (Å²) in [5.74, 6) is -0.855.